The van der Waals surface area contributed by atoms with Crippen molar-refractivity contribution in [2.45, 2.75) is 103 Å². The van der Waals surface area contributed by atoms with Gasteiger partial charge in [-0.3, -0.25) is 19.2 Å². The second kappa shape index (κ2) is 20.6. The minimum Gasteiger partial charge on any atom is -0.379 e. The van der Waals surface area contributed by atoms with Crippen LogP contribution in [0.1, 0.15) is 76.9 Å². The summed E-state index contributed by atoms with van der Waals surface area (Å²) in [6.07, 6.45) is 3.54. The van der Waals surface area contributed by atoms with Gasteiger partial charge in [-0.1, -0.05) is 71.4 Å². The summed E-state index contributed by atoms with van der Waals surface area (Å²) in [7, 11) is 6.58. The highest BCUT2D eigenvalue weighted by atomic mass is 32.1. The largest absolute Gasteiger partial charge is 0.379 e. The fourth-order valence-electron chi connectivity index (χ4n) is 7.25. The average Bonchev–Trinajstić information content (AvgIpc) is 3.84. The number of nitrogens with one attached hydrogen (secondary N) is 3. The topological polar surface area (TPSA) is 142 Å². The van der Waals surface area contributed by atoms with E-state index in [1.807, 2.05) is 75.2 Å². The van der Waals surface area contributed by atoms with Crippen molar-refractivity contribution in [2.24, 2.45) is 17.8 Å². The maximum Gasteiger partial charge on any atom is 0.242 e. The van der Waals surface area contributed by atoms with Gasteiger partial charge in [-0.2, -0.15) is 0 Å². The summed E-state index contributed by atoms with van der Waals surface area (Å²) >= 11 is 1.50. The number of methoxy groups -OCH3 is 2. The van der Waals surface area contributed by atoms with Crippen LogP contribution >= 0.6 is 11.3 Å². The Balaban J connectivity index is 1.72. The van der Waals surface area contributed by atoms with E-state index in [4.69, 9.17) is 9.47 Å². The molecule has 2 aromatic rings. The van der Waals surface area contributed by atoms with Crippen LogP contribution in [0, 0.1) is 17.8 Å². The Bertz CT molecular complexity index is 1380. The number of benzene rings is 1. The number of likely N-dealkylation sites (N-methyl/N-ethyl adjacent to an activating group) is 2. The van der Waals surface area contributed by atoms with Gasteiger partial charge >= 0.3 is 0 Å². The fourth-order valence-corrected chi connectivity index (χ4v) is 7.94. The predicted molar refractivity (Wildman–Crippen MR) is 200 cm³/mol. The number of nitrogens with zero attached hydrogens (tertiary/aromatic N) is 3. The van der Waals surface area contributed by atoms with Gasteiger partial charge in [-0.15, -0.1) is 11.3 Å². The lowest BCUT2D eigenvalue weighted by Crippen LogP contribution is -2.55. The second-order valence-corrected chi connectivity index (χ2v) is 14.9. The zero-order valence-electron chi connectivity index (χ0n) is 31.9. The lowest BCUT2D eigenvalue weighted by Gasteiger charge is -2.39. The monoisotopic (exact) mass is 728 g/mol. The van der Waals surface area contributed by atoms with Crippen LogP contribution in [0.3, 0.4) is 0 Å². The normalized spacial score (nSPS) is 18.7. The summed E-state index contributed by atoms with van der Waals surface area (Å²) in [5, 5.41) is 11.7. The molecule has 1 aliphatic heterocycles. The number of carbonyl (C=O) groups excluding carboxylic acids is 4. The Labute approximate surface area is 308 Å². The third-order valence-electron chi connectivity index (χ3n) is 10.3. The van der Waals surface area contributed by atoms with Crippen LogP contribution in [-0.2, 0) is 35.1 Å². The van der Waals surface area contributed by atoms with Gasteiger partial charge in [0, 0.05) is 39.4 Å². The van der Waals surface area contributed by atoms with Gasteiger partial charge in [0.2, 0.25) is 23.6 Å². The van der Waals surface area contributed by atoms with Crippen molar-refractivity contribution >= 4 is 35.0 Å². The Kier molecular flexibility index (Phi) is 17.0. The van der Waals surface area contributed by atoms with Gasteiger partial charge < -0.3 is 35.2 Å². The Hall–Kier alpha value is -3.39. The summed E-state index contributed by atoms with van der Waals surface area (Å²) in [6, 6.07) is 8.58. The van der Waals surface area contributed by atoms with Gasteiger partial charge in [0.1, 0.15) is 5.01 Å². The maximum absolute atomic E-state index is 14.1. The van der Waals surface area contributed by atoms with Crippen molar-refractivity contribution in [3.63, 3.8) is 0 Å². The predicted octanol–water partition coefficient (Wildman–Crippen LogP) is 3.82. The van der Waals surface area contributed by atoms with E-state index < -0.39 is 30.2 Å². The van der Waals surface area contributed by atoms with Crippen molar-refractivity contribution < 1.29 is 28.7 Å². The van der Waals surface area contributed by atoms with Crippen LogP contribution in [0.15, 0.2) is 41.9 Å². The number of aromatic nitrogens is 1. The van der Waals surface area contributed by atoms with Crippen LogP contribution < -0.4 is 16.0 Å². The zero-order valence-corrected chi connectivity index (χ0v) is 32.7. The number of amides is 4. The number of rotatable bonds is 20. The average molecular weight is 729 g/mol. The minimum absolute atomic E-state index is 0.0135. The van der Waals surface area contributed by atoms with Crippen LogP contribution in [0.5, 0.6) is 0 Å². The first-order chi connectivity index (χ1) is 24.4. The maximum atomic E-state index is 14.1. The molecule has 1 unspecified atom stereocenters. The van der Waals surface area contributed by atoms with E-state index in [1.165, 1.54) is 11.3 Å². The van der Waals surface area contributed by atoms with Crippen molar-refractivity contribution in [1.29, 1.82) is 0 Å². The van der Waals surface area contributed by atoms with E-state index in [2.05, 4.69) is 20.9 Å². The van der Waals surface area contributed by atoms with Crippen molar-refractivity contribution in [3.05, 3.63) is 52.5 Å². The molecular formula is C38H60N6O6S. The number of likely N-dealkylation sites (tertiary alicyclic amines) is 1. The van der Waals surface area contributed by atoms with Gasteiger partial charge in [-0.25, -0.2) is 4.98 Å². The summed E-state index contributed by atoms with van der Waals surface area (Å²) < 4.78 is 11.9. The van der Waals surface area contributed by atoms with Crippen LogP contribution in [-0.4, -0.2) is 110 Å². The molecule has 1 saturated heterocycles. The van der Waals surface area contributed by atoms with E-state index in [1.54, 1.807) is 39.4 Å². The molecule has 1 fully saturated rings. The van der Waals surface area contributed by atoms with E-state index in [9.17, 15) is 19.2 Å². The molecule has 0 bridgehead atoms. The molecule has 3 rings (SSSR count). The van der Waals surface area contributed by atoms with Crippen LogP contribution in [0.25, 0.3) is 0 Å². The highest BCUT2D eigenvalue weighted by molar-refractivity contribution is 7.09. The number of thiazole rings is 1. The van der Waals surface area contributed by atoms with E-state index in [-0.39, 0.29) is 60.5 Å². The lowest BCUT2D eigenvalue weighted by molar-refractivity contribution is -0.146. The van der Waals surface area contributed by atoms with Crippen molar-refractivity contribution in [2.75, 3.05) is 41.4 Å². The third-order valence-corrected chi connectivity index (χ3v) is 11.2. The van der Waals surface area contributed by atoms with Crippen LogP contribution in [0.2, 0.25) is 0 Å². The highest BCUT2D eigenvalue weighted by Crippen LogP contribution is 2.30. The first kappa shape index (κ1) is 42.0. The molecule has 51 heavy (non-hydrogen) atoms. The number of hydrogen-bond acceptors (Lipinski definition) is 9. The molecule has 0 spiro atoms. The molecule has 1 aliphatic rings. The van der Waals surface area contributed by atoms with E-state index in [0.717, 1.165) is 23.4 Å². The molecule has 0 aliphatic carbocycles. The Morgan fingerprint density at radius 3 is 2.33 bits per heavy atom. The van der Waals surface area contributed by atoms with E-state index >= 15 is 0 Å². The molecule has 1 aromatic heterocycles. The molecule has 3 N–H and O–H groups in total. The summed E-state index contributed by atoms with van der Waals surface area (Å²) in [6.45, 7) is 10.2. The highest BCUT2D eigenvalue weighted by Gasteiger charge is 2.42. The molecule has 13 heteroatoms. The van der Waals surface area contributed by atoms with E-state index in [0.29, 0.717) is 19.4 Å². The van der Waals surface area contributed by atoms with Gasteiger partial charge in [0.15, 0.2) is 0 Å². The molecule has 12 nitrogen and oxygen atoms in total. The molecule has 4 amide bonds. The Morgan fingerprint density at radius 1 is 1.06 bits per heavy atom. The summed E-state index contributed by atoms with van der Waals surface area (Å²) in [5.41, 5.74) is 1.09. The zero-order chi connectivity index (χ0) is 37.7. The Morgan fingerprint density at radius 2 is 1.76 bits per heavy atom. The number of carbonyl (C=O) groups is 4. The molecule has 284 valence electrons. The SMILES string of the molecule is CC[C@H](C)[C@@H]([C@@H](CC(=O)N1CCC[C@H]1[C@H](OC)[C@@H](C)C(=O)N[C@@H](Cc1ccccc1)c1nccs1)OC)N(C)C(=O)CNC(=O)C(NC)C(C)C. The van der Waals surface area contributed by atoms with Crippen molar-refractivity contribution in [3.8, 4) is 0 Å². The molecular weight excluding hydrogens is 669 g/mol. The van der Waals surface area contributed by atoms with Gasteiger partial charge in [0.05, 0.1) is 55.3 Å². The van der Waals surface area contributed by atoms with Gasteiger partial charge in [-0.05, 0) is 43.7 Å². The standard InChI is InChI=1S/C38H60N6O6S/c1-10-25(4)34(43(7)32(46)23-41-37(48)33(39-6)24(2)3)30(49-8)22-31(45)44-19-14-17-29(44)35(50-9)26(5)36(47)42-28(38-40-18-20-51-38)21-27-15-12-11-13-16-27/h11-13,15-16,18,20,24-26,28-30,33-35,39H,10,14,17,19,21-23H2,1-9H3,(H,41,48)(H,42,47)/t25-,26+,28-,29-,30+,33?,34-,35+/m0/s1. The molecule has 0 saturated carbocycles. The molecule has 2 heterocycles. The fraction of sp³-hybridized carbons (Fsp3) is 0.658. The first-order valence-electron chi connectivity index (χ1n) is 18.2. The smallest absolute Gasteiger partial charge is 0.242 e. The second-order valence-electron chi connectivity index (χ2n) is 14.0. The molecule has 8 atom stereocenters. The molecule has 0 radical (unpaired) electrons. The molecule has 1 aromatic carbocycles. The summed E-state index contributed by atoms with van der Waals surface area (Å²) in [4.78, 5) is 61.9. The minimum atomic E-state index is -0.585. The van der Waals surface area contributed by atoms with Crippen molar-refractivity contribution in [1.82, 2.24) is 30.7 Å². The number of ether oxygens (including phenoxy) is 2. The third kappa shape index (κ3) is 11.3. The number of hydrogen-bond donors (Lipinski definition) is 3. The first-order valence-corrected chi connectivity index (χ1v) is 19.1. The summed E-state index contributed by atoms with van der Waals surface area (Å²) in [5.74, 6) is -1.24. The quantitative estimate of drug-likeness (QED) is 0.187. The van der Waals surface area contributed by atoms with Crippen LogP contribution in [0.4, 0.5) is 0 Å². The van der Waals surface area contributed by atoms with Gasteiger partial charge in [0.25, 0.3) is 0 Å². The lowest BCUT2D eigenvalue weighted by atomic mass is 9.90.